The van der Waals surface area contributed by atoms with E-state index in [-0.39, 0.29) is 0 Å². The highest BCUT2D eigenvalue weighted by molar-refractivity contribution is 9.10. The first-order valence-electron chi connectivity index (χ1n) is 5.42. The van der Waals surface area contributed by atoms with Crippen molar-refractivity contribution in [3.63, 3.8) is 0 Å². The van der Waals surface area contributed by atoms with E-state index in [0.29, 0.717) is 0 Å². The highest BCUT2D eigenvalue weighted by Gasteiger charge is 2.04. The molecular formula is C13H13Br2NOS. The molecule has 2 rings (SSSR count). The van der Waals surface area contributed by atoms with Crippen LogP contribution in [0.1, 0.15) is 9.75 Å². The first-order chi connectivity index (χ1) is 8.60. The molecule has 1 heterocycles. The van der Waals surface area contributed by atoms with Crippen LogP contribution in [0.4, 0.5) is 5.69 Å². The van der Waals surface area contributed by atoms with Crippen LogP contribution in [0.25, 0.3) is 0 Å². The molecule has 0 amide bonds. The van der Waals surface area contributed by atoms with E-state index in [1.165, 1.54) is 14.2 Å². The van der Waals surface area contributed by atoms with Gasteiger partial charge in [0, 0.05) is 32.5 Å². The number of thiophene rings is 1. The average Bonchev–Trinajstić information content (AvgIpc) is 2.68. The van der Waals surface area contributed by atoms with Gasteiger partial charge >= 0.3 is 0 Å². The summed E-state index contributed by atoms with van der Waals surface area (Å²) in [5.74, 6) is 0.837. The van der Waals surface area contributed by atoms with Gasteiger partial charge in [-0.1, -0.05) is 0 Å². The number of nitrogens with one attached hydrogen (secondary N) is 1. The summed E-state index contributed by atoms with van der Waals surface area (Å²) in [5.41, 5.74) is 1.05. The minimum absolute atomic E-state index is 0.821. The topological polar surface area (TPSA) is 21.3 Å². The molecule has 0 atom stereocenters. The molecule has 0 aliphatic heterocycles. The zero-order valence-electron chi connectivity index (χ0n) is 10.1. The van der Waals surface area contributed by atoms with E-state index >= 15 is 0 Å². The van der Waals surface area contributed by atoms with E-state index in [0.717, 1.165) is 22.5 Å². The number of hydrogen-bond donors (Lipinski definition) is 1. The number of halogens is 2. The van der Waals surface area contributed by atoms with Crippen LogP contribution in [0.3, 0.4) is 0 Å². The molecule has 0 radical (unpaired) electrons. The van der Waals surface area contributed by atoms with E-state index < -0.39 is 0 Å². The second-order valence-electron chi connectivity index (χ2n) is 3.82. The lowest BCUT2D eigenvalue weighted by atomic mass is 10.3. The van der Waals surface area contributed by atoms with E-state index in [1.807, 2.05) is 18.2 Å². The summed E-state index contributed by atoms with van der Waals surface area (Å²) in [6.07, 6.45) is 0. The van der Waals surface area contributed by atoms with Crippen LogP contribution < -0.4 is 10.1 Å². The Labute approximate surface area is 128 Å². The Bertz CT molecular complexity index is 534. The van der Waals surface area contributed by atoms with Crippen molar-refractivity contribution in [2.45, 2.75) is 13.5 Å². The number of anilines is 1. The standard InChI is InChI=1S/C13H13Br2NOS/c1-8-12(15)6-10(18-8)7-16-9-3-4-11(14)13(5-9)17-2/h3-6,16H,7H2,1-2H3. The maximum atomic E-state index is 5.27. The fourth-order valence-electron chi connectivity index (χ4n) is 1.56. The van der Waals surface area contributed by atoms with Gasteiger partial charge in [0.1, 0.15) is 5.75 Å². The molecular weight excluding hydrogens is 378 g/mol. The Morgan fingerprint density at radius 3 is 2.61 bits per heavy atom. The first-order valence-corrected chi connectivity index (χ1v) is 7.82. The molecule has 0 saturated carbocycles. The van der Waals surface area contributed by atoms with Crippen LogP contribution >= 0.6 is 43.2 Å². The van der Waals surface area contributed by atoms with E-state index in [4.69, 9.17) is 4.74 Å². The second kappa shape index (κ2) is 6.08. The third kappa shape index (κ3) is 3.28. The molecule has 1 aromatic carbocycles. The third-order valence-electron chi connectivity index (χ3n) is 2.53. The van der Waals surface area contributed by atoms with Gasteiger partial charge in [-0.3, -0.25) is 0 Å². The summed E-state index contributed by atoms with van der Waals surface area (Å²) >= 11 is 8.77. The number of aryl methyl sites for hydroxylation is 1. The number of rotatable bonds is 4. The molecule has 0 unspecified atom stereocenters. The lowest BCUT2D eigenvalue weighted by Gasteiger charge is -2.08. The first kappa shape index (κ1) is 13.9. The van der Waals surface area contributed by atoms with Crippen LogP contribution in [0, 0.1) is 6.92 Å². The lowest BCUT2D eigenvalue weighted by Crippen LogP contribution is -1.97. The molecule has 1 N–H and O–H groups in total. The normalized spacial score (nSPS) is 10.4. The maximum absolute atomic E-state index is 5.27. The summed E-state index contributed by atoms with van der Waals surface area (Å²) in [5, 5.41) is 3.39. The molecule has 18 heavy (non-hydrogen) atoms. The van der Waals surface area contributed by atoms with Gasteiger partial charge in [-0.15, -0.1) is 11.3 Å². The minimum atomic E-state index is 0.821. The molecule has 0 aliphatic rings. The zero-order chi connectivity index (χ0) is 13.1. The summed E-state index contributed by atoms with van der Waals surface area (Å²) in [6.45, 7) is 2.93. The van der Waals surface area contributed by atoms with Gasteiger partial charge in [-0.25, -0.2) is 0 Å². The SMILES string of the molecule is COc1cc(NCc2cc(Br)c(C)s2)ccc1Br. The number of ether oxygens (including phenoxy) is 1. The van der Waals surface area contributed by atoms with E-state index in [1.54, 1.807) is 18.4 Å². The van der Waals surface area contributed by atoms with Gasteiger partial charge in [0.15, 0.2) is 0 Å². The Kier molecular flexibility index (Phi) is 4.70. The van der Waals surface area contributed by atoms with Crippen LogP contribution in [-0.4, -0.2) is 7.11 Å². The third-order valence-corrected chi connectivity index (χ3v) is 5.32. The number of hydrogen-bond acceptors (Lipinski definition) is 3. The van der Waals surface area contributed by atoms with Crippen molar-refractivity contribution in [3.05, 3.63) is 43.0 Å². The Hall–Kier alpha value is -0.520. The van der Waals surface area contributed by atoms with Crippen molar-refractivity contribution >= 4 is 48.9 Å². The molecule has 0 aliphatic carbocycles. The second-order valence-corrected chi connectivity index (χ2v) is 6.87. The predicted octanol–water partition coefficient (Wildman–Crippen LogP) is 5.20. The van der Waals surface area contributed by atoms with Crippen molar-refractivity contribution in [2.24, 2.45) is 0 Å². The lowest BCUT2D eigenvalue weighted by molar-refractivity contribution is 0.412. The van der Waals surface area contributed by atoms with Crippen LogP contribution in [0.2, 0.25) is 0 Å². The smallest absolute Gasteiger partial charge is 0.135 e. The van der Waals surface area contributed by atoms with Crippen LogP contribution in [0.5, 0.6) is 5.75 Å². The van der Waals surface area contributed by atoms with Gasteiger partial charge in [0.25, 0.3) is 0 Å². The minimum Gasteiger partial charge on any atom is -0.495 e. The molecule has 2 aromatic rings. The highest BCUT2D eigenvalue weighted by Crippen LogP contribution is 2.29. The number of methoxy groups -OCH3 is 1. The fourth-order valence-corrected chi connectivity index (χ4v) is 3.51. The molecule has 0 fully saturated rings. The number of benzene rings is 1. The van der Waals surface area contributed by atoms with E-state index in [2.05, 4.69) is 50.2 Å². The van der Waals surface area contributed by atoms with Gasteiger partial charge in [0.2, 0.25) is 0 Å². The van der Waals surface area contributed by atoms with E-state index in [9.17, 15) is 0 Å². The van der Waals surface area contributed by atoms with Crippen molar-refractivity contribution in [1.29, 1.82) is 0 Å². The van der Waals surface area contributed by atoms with Crippen molar-refractivity contribution in [3.8, 4) is 5.75 Å². The molecule has 1 aromatic heterocycles. The highest BCUT2D eigenvalue weighted by atomic mass is 79.9. The quantitative estimate of drug-likeness (QED) is 0.774. The monoisotopic (exact) mass is 389 g/mol. The molecule has 0 bridgehead atoms. The van der Waals surface area contributed by atoms with Crippen LogP contribution in [0.15, 0.2) is 33.2 Å². The van der Waals surface area contributed by atoms with Gasteiger partial charge in [-0.05, 0) is 57.0 Å². The van der Waals surface area contributed by atoms with Gasteiger partial charge in [-0.2, -0.15) is 0 Å². The fraction of sp³-hybridized carbons (Fsp3) is 0.231. The summed E-state index contributed by atoms with van der Waals surface area (Å²) in [4.78, 5) is 2.61. The zero-order valence-corrected chi connectivity index (χ0v) is 14.1. The van der Waals surface area contributed by atoms with Crippen LogP contribution in [-0.2, 0) is 6.54 Å². The Morgan fingerprint density at radius 2 is 2.00 bits per heavy atom. The molecule has 5 heteroatoms. The molecule has 96 valence electrons. The Morgan fingerprint density at radius 1 is 1.22 bits per heavy atom. The molecule has 0 saturated heterocycles. The van der Waals surface area contributed by atoms with Gasteiger partial charge in [0.05, 0.1) is 11.6 Å². The molecule has 2 nitrogen and oxygen atoms in total. The Balaban J connectivity index is 2.06. The summed E-state index contributed by atoms with van der Waals surface area (Å²) in [6, 6.07) is 8.15. The van der Waals surface area contributed by atoms with Crippen molar-refractivity contribution < 1.29 is 4.74 Å². The average molecular weight is 391 g/mol. The largest absolute Gasteiger partial charge is 0.495 e. The van der Waals surface area contributed by atoms with Crippen molar-refractivity contribution in [2.75, 3.05) is 12.4 Å². The summed E-state index contributed by atoms with van der Waals surface area (Å²) in [7, 11) is 1.67. The van der Waals surface area contributed by atoms with Gasteiger partial charge < -0.3 is 10.1 Å². The predicted molar refractivity (Wildman–Crippen MR) is 84.8 cm³/mol. The van der Waals surface area contributed by atoms with Crippen molar-refractivity contribution in [1.82, 2.24) is 0 Å². The molecule has 0 spiro atoms. The summed E-state index contributed by atoms with van der Waals surface area (Å²) < 4.78 is 7.41. The maximum Gasteiger partial charge on any atom is 0.135 e.